The highest BCUT2D eigenvalue weighted by atomic mass is 16.6. The fraction of sp³-hybridized carbons (Fsp3) is 0.529. The van der Waals surface area contributed by atoms with E-state index in [-0.39, 0.29) is 30.0 Å². The number of carbonyl (C=O) groups is 2. The van der Waals surface area contributed by atoms with E-state index >= 15 is 0 Å². The maximum Gasteiger partial charge on any atom is 0.409 e. The number of ether oxygens (including phenoxy) is 2. The van der Waals surface area contributed by atoms with Crippen molar-refractivity contribution in [3.8, 4) is 5.75 Å². The molecule has 142 valence electrons. The van der Waals surface area contributed by atoms with Gasteiger partial charge in [0.2, 0.25) is 5.91 Å². The van der Waals surface area contributed by atoms with Gasteiger partial charge in [0.25, 0.3) is 0 Å². The molecule has 1 fully saturated rings. The van der Waals surface area contributed by atoms with Crippen molar-refractivity contribution in [1.82, 2.24) is 9.80 Å². The highest BCUT2D eigenvalue weighted by molar-refractivity contribution is 5.76. The zero-order valence-corrected chi connectivity index (χ0v) is 14.8. The van der Waals surface area contributed by atoms with Crippen LogP contribution in [0.1, 0.15) is 19.8 Å². The third-order valence-electron chi connectivity index (χ3n) is 4.01. The molecule has 0 radical (unpaired) electrons. The zero-order valence-electron chi connectivity index (χ0n) is 14.8. The van der Waals surface area contributed by atoms with Gasteiger partial charge >= 0.3 is 11.8 Å². The van der Waals surface area contributed by atoms with Gasteiger partial charge in [0.15, 0.2) is 5.75 Å². The van der Waals surface area contributed by atoms with Crippen LogP contribution < -0.4 is 4.74 Å². The summed E-state index contributed by atoms with van der Waals surface area (Å²) < 4.78 is 10.4. The second kappa shape index (κ2) is 9.59. The first-order chi connectivity index (χ1) is 12.5. The predicted molar refractivity (Wildman–Crippen MR) is 93.0 cm³/mol. The molecule has 1 aromatic rings. The van der Waals surface area contributed by atoms with E-state index in [0.29, 0.717) is 45.6 Å². The number of amides is 2. The van der Waals surface area contributed by atoms with Gasteiger partial charge in [-0.15, -0.1) is 0 Å². The van der Waals surface area contributed by atoms with E-state index in [0.717, 1.165) is 0 Å². The zero-order chi connectivity index (χ0) is 18.9. The van der Waals surface area contributed by atoms with Crippen LogP contribution in [0.15, 0.2) is 24.3 Å². The molecule has 0 aromatic heterocycles. The third kappa shape index (κ3) is 5.33. The van der Waals surface area contributed by atoms with E-state index in [9.17, 15) is 19.7 Å². The largest absolute Gasteiger partial charge is 0.487 e. The molecule has 0 unspecified atom stereocenters. The van der Waals surface area contributed by atoms with E-state index < -0.39 is 4.92 Å². The van der Waals surface area contributed by atoms with E-state index in [1.54, 1.807) is 28.9 Å². The molecule has 26 heavy (non-hydrogen) atoms. The van der Waals surface area contributed by atoms with Crippen molar-refractivity contribution in [3.63, 3.8) is 0 Å². The van der Waals surface area contributed by atoms with Crippen molar-refractivity contribution in [2.24, 2.45) is 0 Å². The van der Waals surface area contributed by atoms with E-state index in [1.807, 2.05) is 0 Å². The van der Waals surface area contributed by atoms with Crippen molar-refractivity contribution in [2.75, 3.05) is 39.4 Å². The molecule has 9 nitrogen and oxygen atoms in total. The Morgan fingerprint density at radius 2 is 1.81 bits per heavy atom. The second-order valence-corrected chi connectivity index (χ2v) is 5.74. The van der Waals surface area contributed by atoms with Gasteiger partial charge in [-0.1, -0.05) is 12.1 Å². The minimum atomic E-state index is -0.497. The minimum Gasteiger partial charge on any atom is -0.487 e. The highest BCUT2D eigenvalue weighted by Gasteiger charge is 2.24. The number of nitro groups is 1. The Bertz CT molecular complexity index is 643. The van der Waals surface area contributed by atoms with Gasteiger partial charge in [0.05, 0.1) is 18.1 Å². The third-order valence-corrected chi connectivity index (χ3v) is 4.01. The smallest absolute Gasteiger partial charge is 0.409 e. The van der Waals surface area contributed by atoms with Crippen LogP contribution in [-0.2, 0) is 9.53 Å². The van der Waals surface area contributed by atoms with E-state index in [4.69, 9.17) is 9.47 Å². The SMILES string of the molecule is CCOC(=O)N1CCN(C(=O)CCCOc2ccccc2[N+](=O)[O-])CC1. The molecule has 2 rings (SSSR count). The second-order valence-electron chi connectivity index (χ2n) is 5.74. The monoisotopic (exact) mass is 365 g/mol. The number of hydrogen-bond donors (Lipinski definition) is 0. The lowest BCUT2D eigenvalue weighted by atomic mass is 10.2. The summed E-state index contributed by atoms with van der Waals surface area (Å²) in [5.74, 6) is 0.188. The van der Waals surface area contributed by atoms with Crippen LogP contribution in [0, 0.1) is 10.1 Å². The molecule has 0 atom stereocenters. The normalized spacial score (nSPS) is 14.0. The molecule has 1 aliphatic heterocycles. The van der Waals surface area contributed by atoms with E-state index in [2.05, 4.69) is 0 Å². The first-order valence-electron chi connectivity index (χ1n) is 8.58. The topological polar surface area (TPSA) is 102 Å². The lowest BCUT2D eigenvalue weighted by Gasteiger charge is -2.34. The Balaban J connectivity index is 1.70. The first-order valence-corrected chi connectivity index (χ1v) is 8.58. The summed E-state index contributed by atoms with van der Waals surface area (Å²) in [6.07, 6.45) is 0.403. The summed E-state index contributed by atoms with van der Waals surface area (Å²) in [7, 11) is 0. The Morgan fingerprint density at radius 3 is 2.46 bits per heavy atom. The van der Waals surface area contributed by atoms with Crippen molar-refractivity contribution in [2.45, 2.75) is 19.8 Å². The van der Waals surface area contributed by atoms with Gasteiger partial charge in [-0.3, -0.25) is 14.9 Å². The van der Waals surface area contributed by atoms with Crippen molar-refractivity contribution < 1.29 is 24.0 Å². The average molecular weight is 365 g/mol. The van der Waals surface area contributed by atoms with Crippen LogP contribution in [-0.4, -0.2) is 66.1 Å². The maximum absolute atomic E-state index is 12.2. The summed E-state index contributed by atoms with van der Waals surface area (Å²) in [5, 5.41) is 10.9. The molecule has 1 saturated heterocycles. The number of benzene rings is 1. The molecule has 0 spiro atoms. The van der Waals surface area contributed by atoms with Crippen LogP contribution in [0.25, 0.3) is 0 Å². The number of rotatable bonds is 7. The summed E-state index contributed by atoms with van der Waals surface area (Å²) in [5.41, 5.74) is -0.0890. The molecular weight excluding hydrogens is 342 g/mol. The standard InChI is InChI=1S/C17H23N3O6/c1-2-25-17(22)19-11-9-18(10-12-19)16(21)8-5-13-26-15-7-4-3-6-14(15)20(23)24/h3-4,6-7H,2,5,8-13H2,1H3. The van der Waals surface area contributed by atoms with Crippen LogP contribution in [0.3, 0.4) is 0 Å². The molecular formula is C17H23N3O6. The summed E-state index contributed by atoms with van der Waals surface area (Å²) in [6.45, 7) is 4.17. The number of carbonyl (C=O) groups excluding carboxylic acids is 2. The Hall–Kier alpha value is -2.84. The van der Waals surface area contributed by atoms with Gasteiger partial charge in [-0.2, -0.15) is 0 Å². The van der Waals surface area contributed by atoms with Crippen LogP contribution in [0.4, 0.5) is 10.5 Å². The maximum atomic E-state index is 12.2. The predicted octanol–water partition coefficient (Wildman–Crippen LogP) is 2.05. The van der Waals surface area contributed by atoms with Crippen LogP contribution in [0.5, 0.6) is 5.75 Å². The molecule has 9 heteroatoms. The van der Waals surface area contributed by atoms with Gasteiger partial charge < -0.3 is 19.3 Å². The summed E-state index contributed by atoms with van der Waals surface area (Å²) >= 11 is 0. The molecule has 0 N–H and O–H groups in total. The van der Waals surface area contributed by atoms with Gasteiger partial charge in [-0.05, 0) is 19.4 Å². The molecule has 2 amide bonds. The number of piperazine rings is 1. The summed E-state index contributed by atoms with van der Waals surface area (Å²) in [6, 6.07) is 6.15. The Kier molecular flexibility index (Phi) is 7.19. The van der Waals surface area contributed by atoms with Crippen molar-refractivity contribution in [3.05, 3.63) is 34.4 Å². The fourth-order valence-electron chi connectivity index (χ4n) is 2.65. The number of nitrogens with zero attached hydrogens (tertiary/aromatic N) is 3. The number of nitro benzene ring substituents is 1. The number of hydrogen-bond acceptors (Lipinski definition) is 6. The molecule has 1 aromatic carbocycles. The van der Waals surface area contributed by atoms with Crippen molar-refractivity contribution in [1.29, 1.82) is 0 Å². The van der Waals surface area contributed by atoms with E-state index in [1.165, 1.54) is 12.1 Å². The molecule has 1 aliphatic rings. The molecule has 1 heterocycles. The minimum absolute atomic E-state index is 0.0142. The highest BCUT2D eigenvalue weighted by Crippen LogP contribution is 2.25. The Morgan fingerprint density at radius 1 is 1.15 bits per heavy atom. The van der Waals surface area contributed by atoms with Gasteiger partial charge in [0, 0.05) is 38.7 Å². The quantitative estimate of drug-likeness (QED) is 0.416. The lowest BCUT2D eigenvalue weighted by Crippen LogP contribution is -2.50. The van der Waals surface area contributed by atoms with Gasteiger partial charge in [-0.25, -0.2) is 4.79 Å². The number of para-hydroxylation sites is 2. The first kappa shape index (κ1) is 19.5. The molecule has 0 bridgehead atoms. The van der Waals surface area contributed by atoms with Crippen LogP contribution >= 0.6 is 0 Å². The average Bonchev–Trinajstić information content (AvgIpc) is 2.65. The molecule has 0 saturated carbocycles. The lowest BCUT2D eigenvalue weighted by molar-refractivity contribution is -0.385. The van der Waals surface area contributed by atoms with Crippen molar-refractivity contribution >= 4 is 17.7 Å². The van der Waals surface area contributed by atoms with Crippen LogP contribution in [0.2, 0.25) is 0 Å². The Labute approximate surface area is 151 Å². The van der Waals surface area contributed by atoms with Gasteiger partial charge in [0.1, 0.15) is 0 Å². The molecule has 0 aliphatic carbocycles. The summed E-state index contributed by atoms with van der Waals surface area (Å²) in [4.78, 5) is 37.6. The fourth-order valence-corrected chi connectivity index (χ4v) is 2.65.